The number of amides is 1. The first-order valence-corrected chi connectivity index (χ1v) is 10.3. The van der Waals surface area contributed by atoms with Crippen molar-refractivity contribution in [2.45, 2.75) is 31.7 Å². The van der Waals surface area contributed by atoms with Crippen LogP contribution in [0, 0.1) is 10.1 Å². The Morgan fingerprint density at radius 2 is 1.77 bits per heavy atom. The summed E-state index contributed by atoms with van der Waals surface area (Å²) in [6, 6.07) is 9.69. The Bertz CT molecular complexity index is 1030. The lowest BCUT2D eigenvalue weighted by molar-refractivity contribution is -0.384. The van der Waals surface area contributed by atoms with Gasteiger partial charge in [-0.05, 0) is 56.0 Å². The number of hydrogen-bond acceptors (Lipinski definition) is 7. The van der Waals surface area contributed by atoms with Crippen LogP contribution in [0.15, 0.2) is 36.4 Å². The van der Waals surface area contributed by atoms with Crippen molar-refractivity contribution in [1.82, 2.24) is 0 Å². The van der Waals surface area contributed by atoms with Gasteiger partial charge < -0.3 is 20.3 Å². The highest BCUT2D eigenvalue weighted by Crippen LogP contribution is 2.33. The molecule has 162 valence electrons. The van der Waals surface area contributed by atoms with E-state index in [-0.39, 0.29) is 17.3 Å². The van der Waals surface area contributed by atoms with Crippen molar-refractivity contribution in [2.75, 3.05) is 35.7 Å². The van der Waals surface area contributed by atoms with Gasteiger partial charge in [0.2, 0.25) is 0 Å². The number of benzene rings is 2. The van der Waals surface area contributed by atoms with Gasteiger partial charge in [-0.3, -0.25) is 14.9 Å². The molecule has 1 heterocycles. The number of carbonyl (C=O) groups excluding carboxylic acids is 2. The molecular formula is C22H24N4O5. The van der Waals surface area contributed by atoms with Crippen LogP contribution in [0.2, 0.25) is 0 Å². The molecule has 9 nitrogen and oxygen atoms in total. The number of nitro groups is 1. The normalized spacial score (nSPS) is 15.5. The number of esters is 1. The minimum Gasteiger partial charge on any atom is -0.465 e. The number of carbonyl (C=O) groups is 2. The van der Waals surface area contributed by atoms with Gasteiger partial charge in [-0.1, -0.05) is 0 Å². The molecule has 4 rings (SSSR count). The maximum absolute atomic E-state index is 13.0. The minimum absolute atomic E-state index is 0.136. The molecule has 2 aromatic rings. The fourth-order valence-corrected chi connectivity index (χ4v) is 3.70. The predicted molar refractivity (Wildman–Crippen MR) is 117 cm³/mol. The third kappa shape index (κ3) is 4.60. The summed E-state index contributed by atoms with van der Waals surface area (Å²) in [6.45, 7) is 1.71. The number of hydrogen-bond donors (Lipinski definition) is 2. The second-order valence-corrected chi connectivity index (χ2v) is 7.78. The molecule has 1 aliphatic carbocycles. The summed E-state index contributed by atoms with van der Waals surface area (Å²) < 4.78 is 4.79. The molecule has 1 saturated carbocycles. The predicted octanol–water partition coefficient (Wildman–Crippen LogP) is 3.81. The van der Waals surface area contributed by atoms with Gasteiger partial charge in [0.1, 0.15) is 5.69 Å². The molecule has 2 aromatic carbocycles. The number of nitro benzene ring substituents is 1. The Kier molecular flexibility index (Phi) is 5.75. The maximum atomic E-state index is 13.0. The molecule has 2 N–H and O–H groups in total. The summed E-state index contributed by atoms with van der Waals surface area (Å²) in [6.07, 6.45) is 4.06. The van der Waals surface area contributed by atoms with E-state index in [0.29, 0.717) is 16.9 Å². The quantitative estimate of drug-likeness (QED) is 0.395. The summed E-state index contributed by atoms with van der Waals surface area (Å²) in [5.74, 6) is -0.988. The lowest BCUT2D eigenvalue weighted by Gasteiger charge is -2.22. The second-order valence-electron chi connectivity index (χ2n) is 7.78. The first-order valence-electron chi connectivity index (χ1n) is 10.3. The second kappa shape index (κ2) is 8.63. The smallest absolute Gasteiger partial charge is 0.337 e. The van der Waals surface area contributed by atoms with Crippen LogP contribution < -0.4 is 15.5 Å². The Hall–Kier alpha value is -3.62. The number of rotatable bonds is 7. The van der Waals surface area contributed by atoms with E-state index in [0.717, 1.165) is 44.5 Å². The first-order chi connectivity index (χ1) is 15.0. The van der Waals surface area contributed by atoms with Gasteiger partial charge in [-0.25, -0.2) is 4.79 Å². The molecule has 0 spiro atoms. The molecule has 1 amide bonds. The molecule has 0 unspecified atom stereocenters. The SMILES string of the molecule is COC(=O)c1ccc(N2CCCC2)c(NC(=O)c2ccc(NC3CC3)c([N+](=O)[O-])c2)c1. The zero-order chi connectivity index (χ0) is 22.0. The number of anilines is 3. The van der Waals surface area contributed by atoms with Crippen LogP contribution in [0.5, 0.6) is 0 Å². The molecule has 2 aliphatic rings. The van der Waals surface area contributed by atoms with Gasteiger partial charge >= 0.3 is 5.97 Å². The standard InChI is InChI=1S/C22H24N4O5/c1-31-22(28)15-5-9-19(25-10-2-3-11-25)18(12-15)24-21(27)14-4-8-17(23-16-6-7-16)20(13-14)26(29)30/h4-5,8-9,12-13,16,23H,2-3,6-7,10-11H2,1H3,(H,24,27). The van der Waals surface area contributed by atoms with Gasteiger partial charge in [-0.2, -0.15) is 0 Å². The number of nitrogens with zero attached hydrogens (tertiary/aromatic N) is 2. The summed E-state index contributed by atoms with van der Waals surface area (Å²) in [7, 11) is 1.30. The monoisotopic (exact) mass is 424 g/mol. The highest BCUT2D eigenvalue weighted by molar-refractivity contribution is 6.07. The van der Waals surface area contributed by atoms with E-state index in [9.17, 15) is 19.7 Å². The van der Waals surface area contributed by atoms with Crippen molar-refractivity contribution in [1.29, 1.82) is 0 Å². The van der Waals surface area contributed by atoms with E-state index in [1.807, 2.05) is 0 Å². The van der Waals surface area contributed by atoms with E-state index < -0.39 is 16.8 Å². The highest BCUT2D eigenvalue weighted by Gasteiger charge is 2.26. The third-order valence-electron chi connectivity index (χ3n) is 5.51. The van der Waals surface area contributed by atoms with E-state index in [2.05, 4.69) is 15.5 Å². The Morgan fingerprint density at radius 3 is 2.42 bits per heavy atom. The lowest BCUT2D eigenvalue weighted by Crippen LogP contribution is -2.22. The van der Waals surface area contributed by atoms with Crippen LogP contribution in [-0.2, 0) is 4.74 Å². The molecule has 2 fully saturated rings. The van der Waals surface area contributed by atoms with Crippen LogP contribution in [0.1, 0.15) is 46.4 Å². The van der Waals surface area contributed by atoms with Crippen molar-refractivity contribution in [3.05, 3.63) is 57.6 Å². The van der Waals surface area contributed by atoms with Gasteiger partial charge in [0.05, 0.1) is 29.0 Å². The fraction of sp³-hybridized carbons (Fsp3) is 0.364. The van der Waals surface area contributed by atoms with Gasteiger partial charge in [-0.15, -0.1) is 0 Å². The third-order valence-corrected chi connectivity index (χ3v) is 5.51. The van der Waals surface area contributed by atoms with E-state index in [1.165, 1.54) is 13.2 Å². The van der Waals surface area contributed by atoms with Crippen LogP contribution in [0.25, 0.3) is 0 Å². The van der Waals surface area contributed by atoms with E-state index >= 15 is 0 Å². The summed E-state index contributed by atoms with van der Waals surface area (Å²) in [5.41, 5.74) is 2.04. The topological polar surface area (TPSA) is 114 Å². The fourth-order valence-electron chi connectivity index (χ4n) is 3.70. The zero-order valence-corrected chi connectivity index (χ0v) is 17.2. The summed E-state index contributed by atoms with van der Waals surface area (Å²) in [5, 5.41) is 17.5. The van der Waals surface area contributed by atoms with E-state index in [4.69, 9.17) is 4.74 Å². The summed E-state index contributed by atoms with van der Waals surface area (Å²) in [4.78, 5) is 38.1. The van der Waals surface area contributed by atoms with Crippen LogP contribution in [0.3, 0.4) is 0 Å². The molecular weight excluding hydrogens is 400 g/mol. The van der Waals surface area contributed by atoms with E-state index in [1.54, 1.807) is 30.3 Å². The summed E-state index contributed by atoms with van der Waals surface area (Å²) >= 11 is 0. The molecule has 0 radical (unpaired) electrons. The highest BCUT2D eigenvalue weighted by atomic mass is 16.6. The minimum atomic E-state index is -0.505. The number of nitrogens with one attached hydrogen (secondary N) is 2. The zero-order valence-electron chi connectivity index (χ0n) is 17.2. The first kappa shape index (κ1) is 20.6. The van der Waals surface area contributed by atoms with Crippen LogP contribution >= 0.6 is 0 Å². The van der Waals surface area contributed by atoms with Crippen molar-refractivity contribution >= 4 is 34.6 Å². The van der Waals surface area contributed by atoms with Gasteiger partial charge in [0.25, 0.3) is 11.6 Å². The van der Waals surface area contributed by atoms with Crippen molar-refractivity contribution in [3.63, 3.8) is 0 Å². The van der Waals surface area contributed by atoms with Crippen molar-refractivity contribution in [3.8, 4) is 0 Å². The molecule has 0 aromatic heterocycles. The largest absolute Gasteiger partial charge is 0.465 e. The Balaban J connectivity index is 1.63. The van der Waals surface area contributed by atoms with Crippen LogP contribution in [-0.4, -0.2) is 43.0 Å². The van der Waals surface area contributed by atoms with Crippen molar-refractivity contribution in [2.24, 2.45) is 0 Å². The molecule has 31 heavy (non-hydrogen) atoms. The average Bonchev–Trinajstić information content (AvgIpc) is 3.42. The average molecular weight is 424 g/mol. The van der Waals surface area contributed by atoms with Crippen molar-refractivity contribution < 1.29 is 19.2 Å². The van der Waals surface area contributed by atoms with Gasteiger partial charge in [0.15, 0.2) is 0 Å². The number of methoxy groups -OCH3 is 1. The molecule has 0 atom stereocenters. The number of ether oxygens (including phenoxy) is 1. The molecule has 1 aliphatic heterocycles. The Morgan fingerprint density at radius 1 is 1.06 bits per heavy atom. The Labute approximate surface area is 179 Å². The van der Waals surface area contributed by atoms with Crippen LogP contribution in [0.4, 0.5) is 22.7 Å². The lowest BCUT2D eigenvalue weighted by atomic mass is 10.1. The molecule has 1 saturated heterocycles. The molecule has 0 bridgehead atoms. The van der Waals surface area contributed by atoms with Gasteiger partial charge in [0, 0.05) is 30.8 Å². The maximum Gasteiger partial charge on any atom is 0.337 e. The molecule has 9 heteroatoms.